The summed E-state index contributed by atoms with van der Waals surface area (Å²) in [5, 5.41) is 9.87. The van der Waals surface area contributed by atoms with Crippen molar-refractivity contribution < 1.29 is 19.5 Å². The van der Waals surface area contributed by atoms with E-state index in [1.165, 1.54) is 11.8 Å². The number of benzene rings is 2. The molecule has 1 N–H and O–H groups in total. The molecule has 6 rings (SSSR count). The highest BCUT2D eigenvalue weighted by Gasteiger charge is 2.73. The van der Waals surface area contributed by atoms with Gasteiger partial charge in [0, 0.05) is 0 Å². The van der Waals surface area contributed by atoms with Crippen LogP contribution in [-0.4, -0.2) is 45.8 Å². The largest absolute Gasteiger partial charge is 0.480 e. The summed E-state index contributed by atoms with van der Waals surface area (Å²) >= 11 is 9.34. The Kier molecular flexibility index (Phi) is 4.92. The van der Waals surface area contributed by atoms with E-state index in [-0.39, 0.29) is 6.42 Å². The SMILES string of the molecule is CSCC[C@H](C(=O)O)N1C(=O)[C@@H]2[C@H](C1=O)C1(Br)c3ccccc3C2(Br)c2ccccc21. The fourth-order valence-corrected chi connectivity index (χ4v) is 8.35. The van der Waals surface area contributed by atoms with Crippen LogP contribution in [0, 0.1) is 11.8 Å². The number of carbonyl (C=O) groups is 3. The second kappa shape index (κ2) is 7.18. The van der Waals surface area contributed by atoms with Gasteiger partial charge >= 0.3 is 5.97 Å². The lowest BCUT2D eigenvalue weighted by atomic mass is 9.54. The molecule has 2 aromatic carbocycles. The molecule has 3 atom stereocenters. The van der Waals surface area contributed by atoms with Gasteiger partial charge in [-0.2, -0.15) is 11.8 Å². The molecule has 0 unspecified atom stereocenters. The van der Waals surface area contributed by atoms with Gasteiger partial charge in [-0.1, -0.05) is 80.4 Å². The van der Waals surface area contributed by atoms with E-state index in [1.807, 2.05) is 54.8 Å². The number of likely N-dealkylation sites (tertiary alicyclic amines) is 1. The first-order valence-corrected chi connectivity index (χ1v) is 12.9. The highest BCUT2D eigenvalue weighted by molar-refractivity contribution is 9.10. The van der Waals surface area contributed by atoms with Crippen LogP contribution in [-0.2, 0) is 23.0 Å². The first kappa shape index (κ1) is 21.2. The van der Waals surface area contributed by atoms with Crippen molar-refractivity contribution in [3.8, 4) is 0 Å². The van der Waals surface area contributed by atoms with Gasteiger partial charge < -0.3 is 5.11 Å². The van der Waals surface area contributed by atoms with Crippen molar-refractivity contribution in [1.82, 2.24) is 4.90 Å². The molecule has 1 saturated heterocycles. The Morgan fingerprint density at radius 2 is 1.35 bits per heavy atom. The minimum Gasteiger partial charge on any atom is -0.480 e. The van der Waals surface area contributed by atoms with Crippen LogP contribution in [0.25, 0.3) is 0 Å². The Morgan fingerprint density at radius 1 is 0.968 bits per heavy atom. The molecule has 160 valence electrons. The first-order valence-electron chi connectivity index (χ1n) is 9.96. The van der Waals surface area contributed by atoms with E-state index in [1.54, 1.807) is 0 Å². The van der Waals surface area contributed by atoms with Crippen LogP contribution in [0.15, 0.2) is 48.5 Å². The van der Waals surface area contributed by atoms with Gasteiger partial charge in [0.05, 0.1) is 20.5 Å². The highest BCUT2D eigenvalue weighted by Crippen LogP contribution is 2.70. The molecule has 1 fully saturated rings. The van der Waals surface area contributed by atoms with Gasteiger partial charge in [0.2, 0.25) is 11.8 Å². The zero-order chi connectivity index (χ0) is 22.1. The number of carboxylic acids is 1. The van der Waals surface area contributed by atoms with Gasteiger partial charge in [-0.25, -0.2) is 4.79 Å². The number of hydrogen-bond donors (Lipinski definition) is 1. The van der Waals surface area contributed by atoms with Gasteiger partial charge in [-0.3, -0.25) is 14.5 Å². The number of thioether (sulfide) groups is 1. The Hall–Kier alpha value is -1.64. The van der Waals surface area contributed by atoms with Crippen molar-refractivity contribution >= 4 is 61.4 Å². The zero-order valence-corrected chi connectivity index (χ0v) is 20.5. The Bertz CT molecular complexity index is 1010. The van der Waals surface area contributed by atoms with Crippen LogP contribution in [0.2, 0.25) is 0 Å². The summed E-state index contributed by atoms with van der Waals surface area (Å²) in [6.45, 7) is 0. The number of halogens is 2. The van der Waals surface area contributed by atoms with Crippen molar-refractivity contribution in [2.75, 3.05) is 12.0 Å². The number of carbonyl (C=O) groups excluding carboxylic acids is 2. The summed E-state index contributed by atoms with van der Waals surface area (Å²) in [5.41, 5.74) is 3.74. The summed E-state index contributed by atoms with van der Waals surface area (Å²) in [5.74, 6) is -2.92. The summed E-state index contributed by atoms with van der Waals surface area (Å²) in [7, 11) is 0. The zero-order valence-electron chi connectivity index (χ0n) is 16.5. The molecule has 0 aromatic heterocycles. The molecule has 31 heavy (non-hydrogen) atoms. The van der Waals surface area contributed by atoms with Crippen LogP contribution >= 0.6 is 43.6 Å². The maximum absolute atomic E-state index is 13.8. The summed E-state index contributed by atoms with van der Waals surface area (Å²) in [4.78, 5) is 40.7. The molecule has 2 bridgehead atoms. The number of carboxylic acid groups (broad SMARTS) is 1. The van der Waals surface area contributed by atoms with Crippen molar-refractivity contribution in [2.45, 2.75) is 21.1 Å². The Morgan fingerprint density at radius 3 is 1.68 bits per heavy atom. The fourth-order valence-electron chi connectivity index (χ4n) is 5.59. The average molecular weight is 565 g/mol. The molecule has 0 saturated carbocycles. The van der Waals surface area contributed by atoms with Crippen molar-refractivity contribution in [3.63, 3.8) is 0 Å². The van der Waals surface area contributed by atoms with Crippen LogP contribution < -0.4 is 0 Å². The molecule has 0 radical (unpaired) electrons. The maximum Gasteiger partial charge on any atom is 0.326 e. The minimum absolute atomic E-state index is 0.220. The number of imide groups is 1. The van der Waals surface area contributed by atoms with Crippen molar-refractivity contribution in [2.24, 2.45) is 11.8 Å². The lowest BCUT2D eigenvalue weighted by molar-refractivity contribution is -0.155. The summed E-state index contributed by atoms with van der Waals surface area (Å²) in [6.07, 6.45) is 2.10. The maximum atomic E-state index is 13.8. The molecular formula is C23H19Br2NO4S. The molecule has 1 heterocycles. The predicted molar refractivity (Wildman–Crippen MR) is 126 cm³/mol. The molecule has 1 aliphatic heterocycles. The monoisotopic (exact) mass is 563 g/mol. The van der Waals surface area contributed by atoms with E-state index < -0.39 is 44.3 Å². The lowest BCUT2D eigenvalue weighted by Gasteiger charge is -2.55. The third-order valence-electron chi connectivity index (χ3n) is 6.81. The number of hydrogen-bond acceptors (Lipinski definition) is 4. The summed E-state index contributed by atoms with van der Waals surface area (Å²) in [6, 6.07) is 14.5. The van der Waals surface area contributed by atoms with Crippen molar-refractivity contribution in [3.05, 3.63) is 70.8 Å². The van der Waals surface area contributed by atoms with Crippen LogP contribution in [0.1, 0.15) is 28.7 Å². The topological polar surface area (TPSA) is 74.7 Å². The van der Waals surface area contributed by atoms with Gasteiger partial charge in [0.1, 0.15) is 6.04 Å². The summed E-state index contributed by atoms with van der Waals surface area (Å²) < 4.78 is -1.80. The number of alkyl halides is 2. The normalized spacial score (nSPS) is 31.3. The van der Waals surface area contributed by atoms with Gasteiger partial charge in [0.15, 0.2) is 0 Å². The van der Waals surface area contributed by atoms with E-state index in [0.717, 1.165) is 27.2 Å². The third kappa shape index (κ3) is 2.52. The number of aliphatic carboxylic acids is 1. The van der Waals surface area contributed by atoms with E-state index >= 15 is 0 Å². The van der Waals surface area contributed by atoms with Gasteiger partial charge in [0.25, 0.3) is 0 Å². The van der Waals surface area contributed by atoms with E-state index in [0.29, 0.717) is 5.75 Å². The second-order valence-electron chi connectivity index (χ2n) is 8.15. The van der Waals surface area contributed by atoms with Crippen LogP contribution in [0.5, 0.6) is 0 Å². The van der Waals surface area contributed by atoms with E-state index in [9.17, 15) is 19.5 Å². The smallest absolute Gasteiger partial charge is 0.326 e. The quantitative estimate of drug-likeness (QED) is 0.437. The molecule has 0 spiro atoms. The molecule has 8 heteroatoms. The standard InChI is InChI=1S/C23H19Br2NO4S/c1-31-11-10-16(21(29)30)26-19(27)17-18(20(26)28)23(25)13-7-3-2-6-12(13)22(17,24)14-8-4-5-9-15(14)23/h2-9,16-18H,10-11H2,1H3,(H,29,30)/t16-,17-,18+,22?,23?/m1/s1. The fraction of sp³-hybridized carbons (Fsp3) is 0.348. The number of nitrogens with zero attached hydrogens (tertiary/aromatic N) is 1. The molecule has 3 aliphatic carbocycles. The third-order valence-corrected chi connectivity index (χ3v) is 10.2. The van der Waals surface area contributed by atoms with E-state index in [2.05, 4.69) is 31.9 Å². The molecule has 5 nitrogen and oxygen atoms in total. The Labute approximate surface area is 200 Å². The van der Waals surface area contributed by atoms with E-state index in [4.69, 9.17) is 0 Å². The number of amides is 2. The van der Waals surface area contributed by atoms with Gasteiger partial charge in [-0.15, -0.1) is 0 Å². The molecule has 2 amide bonds. The van der Waals surface area contributed by atoms with Crippen LogP contribution in [0.4, 0.5) is 0 Å². The average Bonchev–Trinajstić information content (AvgIpc) is 3.04. The first-order chi connectivity index (χ1) is 14.8. The molecular weight excluding hydrogens is 546 g/mol. The lowest BCUT2D eigenvalue weighted by Crippen LogP contribution is -2.56. The number of rotatable bonds is 5. The highest BCUT2D eigenvalue weighted by atomic mass is 79.9. The minimum atomic E-state index is -1.17. The predicted octanol–water partition coefficient (Wildman–Crippen LogP) is 4.10. The Balaban J connectivity index is 1.76. The second-order valence-corrected chi connectivity index (χ2v) is 11.6. The van der Waals surface area contributed by atoms with Crippen molar-refractivity contribution in [1.29, 1.82) is 0 Å². The molecule has 4 aliphatic rings. The van der Waals surface area contributed by atoms with Crippen LogP contribution in [0.3, 0.4) is 0 Å². The van der Waals surface area contributed by atoms with Gasteiger partial charge in [-0.05, 0) is 40.7 Å². The molecule has 2 aromatic rings.